The Morgan fingerprint density at radius 1 is 1.16 bits per heavy atom. The summed E-state index contributed by atoms with van der Waals surface area (Å²) in [5, 5.41) is 12.0. The van der Waals surface area contributed by atoms with Gasteiger partial charge in [-0.15, -0.1) is 0 Å². The summed E-state index contributed by atoms with van der Waals surface area (Å²) in [7, 11) is 1.77. The summed E-state index contributed by atoms with van der Waals surface area (Å²) in [6, 6.07) is 14.7. The van der Waals surface area contributed by atoms with E-state index in [-0.39, 0.29) is 11.7 Å². The second kappa shape index (κ2) is 6.99. The van der Waals surface area contributed by atoms with Crippen LogP contribution in [0.25, 0.3) is 0 Å². The Labute approximate surface area is 152 Å². The van der Waals surface area contributed by atoms with E-state index in [4.69, 9.17) is 17.0 Å². The lowest BCUT2D eigenvalue weighted by atomic mass is 10.2. The average molecular weight is 355 g/mol. The molecule has 0 saturated heterocycles. The van der Waals surface area contributed by atoms with E-state index in [1.165, 1.54) is 0 Å². The van der Waals surface area contributed by atoms with E-state index in [2.05, 4.69) is 5.32 Å². The van der Waals surface area contributed by atoms with Gasteiger partial charge in [0.25, 0.3) is 5.91 Å². The van der Waals surface area contributed by atoms with Crippen molar-refractivity contribution in [3.8, 4) is 0 Å². The first-order valence-corrected chi connectivity index (χ1v) is 8.37. The maximum atomic E-state index is 13.3. The van der Waals surface area contributed by atoms with E-state index in [0.29, 0.717) is 22.8 Å². The third-order valence-corrected chi connectivity index (χ3v) is 4.26. The highest BCUT2D eigenvalue weighted by Gasteiger charge is 2.33. The minimum atomic E-state index is -0.273. The van der Waals surface area contributed by atoms with Crippen LogP contribution in [0.1, 0.15) is 6.92 Å². The fourth-order valence-corrected chi connectivity index (χ4v) is 2.93. The van der Waals surface area contributed by atoms with Gasteiger partial charge in [-0.1, -0.05) is 29.8 Å². The van der Waals surface area contributed by atoms with Crippen molar-refractivity contribution >= 4 is 40.4 Å². The topological polar surface area (TPSA) is 59.4 Å². The van der Waals surface area contributed by atoms with Crippen LogP contribution in [-0.2, 0) is 4.79 Å². The molecule has 0 bridgehead atoms. The van der Waals surface area contributed by atoms with Crippen LogP contribution in [0.2, 0.25) is 5.02 Å². The first kappa shape index (κ1) is 17.0. The predicted octanol–water partition coefficient (Wildman–Crippen LogP) is 3.93. The van der Waals surface area contributed by atoms with Crippen LogP contribution in [0.5, 0.6) is 0 Å². The number of amides is 1. The molecule has 128 valence electrons. The van der Waals surface area contributed by atoms with Gasteiger partial charge < -0.3 is 10.2 Å². The first-order chi connectivity index (χ1) is 12.0. The molecule has 1 amide bonds. The van der Waals surface area contributed by atoms with Gasteiger partial charge in [0.05, 0.1) is 16.9 Å². The molecular formula is C19H19ClN4O. The molecule has 3 rings (SSSR count). The lowest BCUT2D eigenvalue weighted by Crippen LogP contribution is -2.32. The number of hydrogen-bond donors (Lipinski definition) is 2. The first-order valence-electron chi connectivity index (χ1n) is 8.00. The molecule has 1 aliphatic heterocycles. The predicted molar refractivity (Wildman–Crippen MR) is 103 cm³/mol. The molecule has 0 aliphatic carbocycles. The molecule has 25 heavy (non-hydrogen) atoms. The molecule has 0 radical (unpaired) electrons. The van der Waals surface area contributed by atoms with Crippen LogP contribution in [0.3, 0.4) is 0 Å². The van der Waals surface area contributed by atoms with Gasteiger partial charge in [0.2, 0.25) is 0 Å². The number of nitrogens with zero attached hydrogens (tertiary/aromatic N) is 2. The second-order valence-electron chi connectivity index (χ2n) is 5.63. The Morgan fingerprint density at radius 2 is 1.88 bits per heavy atom. The second-order valence-corrected chi connectivity index (χ2v) is 6.07. The smallest absolute Gasteiger partial charge is 0.268 e. The van der Waals surface area contributed by atoms with Crippen molar-refractivity contribution < 1.29 is 4.79 Å². The number of carbonyl (C=O) groups is 1. The van der Waals surface area contributed by atoms with Crippen molar-refractivity contribution in [1.82, 2.24) is 5.32 Å². The van der Waals surface area contributed by atoms with Crippen molar-refractivity contribution in [2.45, 2.75) is 6.92 Å². The van der Waals surface area contributed by atoms with E-state index in [1.807, 2.05) is 43.3 Å². The molecule has 2 aromatic carbocycles. The van der Waals surface area contributed by atoms with Crippen LogP contribution >= 0.6 is 11.6 Å². The van der Waals surface area contributed by atoms with Gasteiger partial charge >= 0.3 is 0 Å². The molecule has 6 heteroatoms. The summed E-state index contributed by atoms with van der Waals surface area (Å²) < 4.78 is 0. The Bertz CT molecular complexity index is 848. The minimum Gasteiger partial charge on any atom is -0.390 e. The van der Waals surface area contributed by atoms with Gasteiger partial charge in [-0.3, -0.25) is 15.1 Å². The lowest BCUT2D eigenvalue weighted by molar-refractivity contribution is -0.114. The van der Waals surface area contributed by atoms with E-state index in [9.17, 15) is 4.79 Å². The number of nitrogens with one attached hydrogen (secondary N) is 2. The number of anilines is 3. The number of benzene rings is 2. The van der Waals surface area contributed by atoms with Crippen molar-refractivity contribution in [2.24, 2.45) is 0 Å². The van der Waals surface area contributed by atoms with Crippen LogP contribution in [0.4, 0.5) is 17.1 Å². The maximum Gasteiger partial charge on any atom is 0.268 e. The summed E-state index contributed by atoms with van der Waals surface area (Å²) in [6.45, 7) is 2.60. The SMILES string of the molecule is CCN/C=C1\C(=N)N(C)c2ccc(Cl)cc2N(c2ccccc2)C1=O. The van der Waals surface area contributed by atoms with E-state index in [1.54, 1.807) is 35.2 Å². The van der Waals surface area contributed by atoms with Crippen LogP contribution in [0.15, 0.2) is 60.3 Å². The van der Waals surface area contributed by atoms with Gasteiger partial charge in [-0.05, 0) is 37.3 Å². The molecule has 5 nitrogen and oxygen atoms in total. The largest absolute Gasteiger partial charge is 0.390 e. The number of fused-ring (bicyclic) bond motifs is 1. The monoisotopic (exact) mass is 354 g/mol. The normalized spacial score (nSPS) is 16.0. The summed E-state index contributed by atoms with van der Waals surface area (Å²) in [5.41, 5.74) is 2.41. The Hall–Kier alpha value is -2.79. The zero-order valence-corrected chi connectivity index (χ0v) is 14.8. The molecule has 0 aromatic heterocycles. The van der Waals surface area contributed by atoms with Crippen LogP contribution in [-0.4, -0.2) is 25.3 Å². The van der Waals surface area contributed by atoms with Crippen molar-refractivity contribution in [3.63, 3.8) is 0 Å². The van der Waals surface area contributed by atoms with E-state index >= 15 is 0 Å². The molecule has 0 spiro atoms. The van der Waals surface area contributed by atoms with E-state index < -0.39 is 0 Å². The van der Waals surface area contributed by atoms with E-state index in [0.717, 1.165) is 11.4 Å². The summed E-state index contributed by atoms with van der Waals surface area (Å²) in [6.07, 6.45) is 1.60. The number of likely N-dealkylation sites (N-methyl/N-ethyl adjacent to an activating group) is 1. The summed E-state index contributed by atoms with van der Waals surface area (Å²) in [4.78, 5) is 16.6. The molecule has 0 saturated carbocycles. The maximum absolute atomic E-state index is 13.3. The zero-order chi connectivity index (χ0) is 18.0. The Kier molecular flexibility index (Phi) is 4.76. The molecule has 1 heterocycles. The highest BCUT2D eigenvalue weighted by atomic mass is 35.5. The third kappa shape index (κ3) is 3.10. The molecule has 1 aliphatic rings. The number of carbonyl (C=O) groups excluding carboxylic acids is 1. The van der Waals surface area contributed by atoms with Crippen molar-refractivity contribution in [1.29, 1.82) is 5.41 Å². The standard InChI is InChI=1S/C19H19ClN4O/c1-3-22-12-15-18(21)23(2)16-10-9-13(20)11-17(16)24(19(15)25)14-7-5-4-6-8-14/h4-12,21-22H,3H2,1-2H3/b15-12+,21-18?. The molecule has 0 unspecified atom stereocenters. The number of para-hydroxylation sites is 1. The zero-order valence-electron chi connectivity index (χ0n) is 14.1. The van der Waals surface area contributed by atoms with Gasteiger partial charge in [0.15, 0.2) is 0 Å². The summed E-state index contributed by atoms with van der Waals surface area (Å²) in [5.74, 6) is -0.141. The lowest BCUT2D eigenvalue weighted by Gasteiger charge is -2.24. The average Bonchev–Trinajstić information content (AvgIpc) is 2.69. The molecule has 0 atom stereocenters. The Morgan fingerprint density at radius 3 is 2.56 bits per heavy atom. The molecule has 0 fully saturated rings. The summed E-state index contributed by atoms with van der Waals surface area (Å²) >= 11 is 6.20. The third-order valence-electron chi connectivity index (χ3n) is 4.03. The highest BCUT2D eigenvalue weighted by molar-refractivity contribution is 6.34. The minimum absolute atomic E-state index is 0.132. The molecule has 2 N–H and O–H groups in total. The van der Waals surface area contributed by atoms with Crippen molar-refractivity contribution in [2.75, 3.05) is 23.4 Å². The molecular weight excluding hydrogens is 336 g/mol. The quantitative estimate of drug-likeness (QED) is 0.821. The number of hydrogen-bond acceptors (Lipinski definition) is 3. The number of amidine groups is 1. The number of rotatable bonds is 3. The van der Waals surface area contributed by atoms with Gasteiger partial charge in [0, 0.05) is 30.5 Å². The van der Waals surface area contributed by atoms with Gasteiger partial charge in [0.1, 0.15) is 5.84 Å². The fraction of sp³-hybridized carbons (Fsp3) is 0.158. The van der Waals surface area contributed by atoms with Gasteiger partial charge in [-0.25, -0.2) is 0 Å². The van der Waals surface area contributed by atoms with Crippen molar-refractivity contribution in [3.05, 3.63) is 65.3 Å². The highest BCUT2D eigenvalue weighted by Crippen LogP contribution is 2.40. The van der Waals surface area contributed by atoms with Gasteiger partial charge in [-0.2, -0.15) is 0 Å². The Balaban J connectivity index is 2.26. The van der Waals surface area contributed by atoms with Crippen LogP contribution < -0.4 is 15.1 Å². The number of halogens is 1. The fourth-order valence-electron chi connectivity index (χ4n) is 2.76. The molecule has 2 aromatic rings. The van der Waals surface area contributed by atoms with Crippen LogP contribution in [0, 0.1) is 5.41 Å².